The van der Waals surface area contributed by atoms with Crippen molar-refractivity contribution in [3.63, 3.8) is 0 Å². The van der Waals surface area contributed by atoms with E-state index in [0.29, 0.717) is 5.69 Å². The smallest absolute Gasteiger partial charge is 0.353 e. The highest BCUT2D eigenvalue weighted by Gasteiger charge is 2.23. The van der Waals surface area contributed by atoms with Crippen LogP contribution in [0.5, 0.6) is 0 Å². The number of H-pyrrole nitrogens is 1. The summed E-state index contributed by atoms with van der Waals surface area (Å²) >= 11 is 5.44. The molecule has 6 heteroatoms. The highest BCUT2D eigenvalue weighted by Crippen LogP contribution is 2.42. The second-order valence-electron chi connectivity index (χ2n) is 4.43. The van der Waals surface area contributed by atoms with Crippen LogP contribution in [-0.2, 0) is 0 Å². The van der Waals surface area contributed by atoms with E-state index in [1.165, 1.54) is 23.8 Å². The van der Waals surface area contributed by atoms with Gasteiger partial charge in [-0.15, -0.1) is 11.8 Å². The van der Waals surface area contributed by atoms with Crippen molar-refractivity contribution in [1.29, 1.82) is 0 Å². The molecule has 0 atom stereocenters. The summed E-state index contributed by atoms with van der Waals surface area (Å²) in [4.78, 5) is 12.0. The number of aromatic amines is 1. The van der Waals surface area contributed by atoms with Crippen molar-refractivity contribution < 1.29 is 9.90 Å². The minimum Gasteiger partial charge on any atom is -0.477 e. The Labute approximate surface area is 122 Å². The number of hydrogen-bond donors (Lipinski definition) is 2. The first kappa shape index (κ1) is 12.7. The average molecular weight is 339 g/mol. The fourth-order valence-electron chi connectivity index (χ4n) is 1.70. The van der Waals surface area contributed by atoms with E-state index in [1.807, 2.05) is 23.9 Å². The molecule has 1 saturated carbocycles. The first-order valence-electron chi connectivity index (χ1n) is 5.89. The van der Waals surface area contributed by atoms with Crippen molar-refractivity contribution >= 4 is 33.7 Å². The van der Waals surface area contributed by atoms with Crippen LogP contribution in [0.25, 0.3) is 11.3 Å². The number of aromatic nitrogens is 2. The number of halogens is 1. The van der Waals surface area contributed by atoms with Crippen molar-refractivity contribution in [3.8, 4) is 11.3 Å². The Morgan fingerprint density at radius 1 is 1.42 bits per heavy atom. The lowest BCUT2D eigenvalue weighted by Gasteiger charge is -2.04. The van der Waals surface area contributed by atoms with Gasteiger partial charge < -0.3 is 5.11 Å². The largest absolute Gasteiger partial charge is 0.477 e. The van der Waals surface area contributed by atoms with Crippen LogP contribution in [0.15, 0.2) is 33.6 Å². The summed E-state index contributed by atoms with van der Waals surface area (Å²) in [6, 6.07) is 7.54. The van der Waals surface area contributed by atoms with Gasteiger partial charge in [0.1, 0.15) is 5.69 Å². The monoisotopic (exact) mass is 338 g/mol. The Morgan fingerprint density at radius 2 is 2.21 bits per heavy atom. The van der Waals surface area contributed by atoms with Crippen molar-refractivity contribution in [1.82, 2.24) is 10.2 Å². The van der Waals surface area contributed by atoms with Gasteiger partial charge >= 0.3 is 5.97 Å². The van der Waals surface area contributed by atoms with E-state index in [9.17, 15) is 4.79 Å². The molecule has 0 saturated heterocycles. The minimum absolute atomic E-state index is 0.0996. The number of carboxylic acids is 1. The third kappa shape index (κ3) is 2.84. The van der Waals surface area contributed by atoms with Gasteiger partial charge in [-0.1, -0.05) is 6.07 Å². The van der Waals surface area contributed by atoms with E-state index < -0.39 is 5.97 Å². The standard InChI is InChI=1S/C13H11BrN2O2S/c14-9-5-7(1-4-12(9)19-8-2-3-8)10-6-11(13(17)18)16-15-10/h1,4-6,8H,2-3H2,(H,15,16)(H,17,18). The Kier molecular flexibility index (Phi) is 3.36. The number of nitrogens with zero attached hydrogens (tertiary/aromatic N) is 1. The Morgan fingerprint density at radius 3 is 2.79 bits per heavy atom. The van der Waals surface area contributed by atoms with E-state index in [2.05, 4.69) is 32.2 Å². The van der Waals surface area contributed by atoms with Gasteiger partial charge in [-0.25, -0.2) is 4.79 Å². The van der Waals surface area contributed by atoms with Crippen LogP contribution < -0.4 is 0 Å². The summed E-state index contributed by atoms with van der Waals surface area (Å²) in [5, 5.41) is 16.1. The first-order chi connectivity index (χ1) is 9.13. The molecule has 0 radical (unpaired) electrons. The van der Waals surface area contributed by atoms with Gasteiger partial charge in [0.2, 0.25) is 0 Å². The number of thioether (sulfide) groups is 1. The van der Waals surface area contributed by atoms with Crippen LogP contribution in [0.3, 0.4) is 0 Å². The fourth-order valence-corrected chi connectivity index (χ4v) is 3.41. The molecule has 1 aromatic heterocycles. The van der Waals surface area contributed by atoms with E-state index in [-0.39, 0.29) is 5.69 Å². The number of hydrogen-bond acceptors (Lipinski definition) is 3. The van der Waals surface area contributed by atoms with Crippen LogP contribution >= 0.6 is 27.7 Å². The number of carboxylic acid groups (broad SMARTS) is 1. The highest BCUT2D eigenvalue weighted by atomic mass is 79.9. The molecule has 2 aromatic rings. The third-order valence-electron chi connectivity index (χ3n) is 2.85. The second-order valence-corrected chi connectivity index (χ2v) is 6.63. The van der Waals surface area contributed by atoms with Gasteiger partial charge in [-0.3, -0.25) is 5.10 Å². The normalized spacial score (nSPS) is 14.6. The van der Waals surface area contributed by atoms with Gasteiger partial charge in [0, 0.05) is 20.2 Å². The Bertz CT molecular complexity index is 637. The van der Waals surface area contributed by atoms with Crippen LogP contribution in [0.4, 0.5) is 0 Å². The molecular formula is C13H11BrN2O2S. The maximum absolute atomic E-state index is 10.8. The Balaban J connectivity index is 1.87. The summed E-state index contributed by atoms with van der Waals surface area (Å²) in [6.07, 6.45) is 2.58. The first-order valence-corrected chi connectivity index (χ1v) is 7.56. The van der Waals surface area contributed by atoms with Crippen LogP contribution in [0.1, 0.15) is 23.3 Å². The predicted octanol–water partition coefficient (Wildman–Crippen LogP) is 3.79. The van der Waals surface area contributed by atoms with Gasteiger partial charge in [0.25, 0.3) is 0 Å². The molecule has 0 unspecified atom stereocenters. The van der Waals surface area contributed by atoms with Crippen molar-refractivity contribution in [3.05, 3.63) is 34.4 Å². The molecular weight excluding hydrogens is 328 g/mol. The van der Waals surface area contributed by atoms with E-state index in [4.69, 9.17) is 5.11 Å². The van der Waals surface area contributed by atoms with E-state index in [0.717, 1.165) is 15.3 Å². The van der Waals surface area contributed by atoms with Gasteiger partial charge in [0.15, 0.2) is 0 Å². The molecule has 0 spiro atoms. The lowest BCUT2D eigenvalue weighted by atomic mass is 10.1. The maximum Gasteiger partial charge on any atom is 0.353 e. The van der Waals surface area contributed by atoms with Gasteiger partial charge in [-0.05, 0) is 47.0 Å². The maximum atomic E-state index is 10.8. The number of aromatic carboxylic acids is 1. The lowest BCUT2D eigenvalue weighted by molar-refractivity contribution is 0.0690. The molecule has 1 aromatic carbocycles. The minimum atomic E-state index is -1.00. The average Bonchev–Trinajstić information content (AvgIpc) is 3.05. The summed E-state index contributed by atoms with van der Waals surface area (Å²) in [7, 11) is 0. The molecule has 3 rings (SSSR count). The van der Waals surface area contributed by atoms with Crippen LogP contribution in [-0.4, -0.2) is 26.5 Å². The molecule has 98 valence electrons. The molecule has 1 aliphatic carbocycles. The van der Waals surface area contributed by atoms with Crippen molar-refractivity contribution in [2.45, 2.75) is 23.0 Å². The van der Waals surface area contributed by atoms with Crippen LogP contribution in [0, 0.1) is 0 Å². The highest BCUT2D eigenvalue weighted by molar-refractivity contribution is 9.10. The zero-order chi connectivity index (χ0) is 13.4. The van der Waals surface area contributed by atoms with Crippen LogP contribution in [0.2, 0.25) is 0 Å². The molecule has 1 heterocycles. The molecule has 0 amide bonds. The number of carbonyl (C=O) groups is 1. The second kappa shape index (κ2) is 5.02. The molecule has 0 aliphatic heterocycles. The van der Waals surface area contributed by atoms with Gasteiger partial charge in [0.05, 0.1) is 5.69 Å². The third-order valence-corrected chi connectivity index (χ3v) is 5.19. The lowest BCUT2D eigenvalue weighted by Crippen LogP contribution is -1.95. The van der Waals surface area contributed by atoms with Crippen molar-refractivity contribution in [2.75, 3.05) is 0 Å². The van der Waals surface area contributed by atoms with Gasteiger partial charge in [-0.2, -0.15) is 5.10 Å². The summed E-state index contributed by atoms with van der Waals surface area (Å²) in [5.74, 6) is -1.00. The quantitative estimate of drug-likeness (QED) is 0.889. The zero-order valence-electron chi connectivity index (χ0n) is 9.89. The fraction of sp³-hybridized carbons (Fsp3) is 0.231. The topological polar surface area (TPSA) is 66.0 Å². The van der Waals surface area contributed by atoms with E-state index >= 15 is 0 Å². The summed E-state index contributed by atoms with van der Waals surface area (Å²) < 4.78 is 1.03. The molecule has 0 bridgehead atoms. The summed E-state index contributed by atoms with van der Waals surface area (Å²) in [6.45, 7) is 0. The molecule has 2 N–H and O–H groups in total. The van der Waals surface area contributed by atoms with E-state index in [1.54, 1.807) is 0 Å². The molecule has 4 nitrogen and oxygen atoms in total. The molecule has 1 fully saturated rings. The zero-order valence-corrected chi connectivity index (χ0v) is 12.3. The number of benzene rings is 1. The number of nitrogens with one attached hydrogen (secondary N) is 1. The Hall–Kier alpha value is -1.27. The molecule has 1 aliphatic rings. The van der Waals surface area contributed by atoms with Crippen molar-refractivity contribution in [2.24, 2.45) is 0 Å². The molecule has 19 heavy (non-hydrogen) atoms. The number of rotatable bonds is 4. The SMILES string of the molecule is O=C(O)c1cc(-c2ccc(SC3CC3)c(Br)c2)n[nH]1. The predicted molar refractivity (Wildman–Crippen MR) is 77.6 cm³/mol. The summed E-state index contributed by atoms with van der Waals surface area (Å²) in [5.41, 5.74) is 1.64.